The van der Waals surface area contributed by atoms with Gasteiger partial charge in [0.05, 0.1) is 0 Å². The van der Waals surface area contributed by atoms with Gasteiger partial charge in [0.1, 0.15) is 6.61 Å². The molecule has 0 bridgehead atoms. The zero-order chi connectivity index (χ0) is 9.40. The molecule has 0 aliphatic rings. The lowest BCUT2D eigenvalue weighted by Crippen LogP contribution is -2.14. The van der Waals surface area contributed by atoms with Gasteiger partial charge in [0, 0.05) is 0 Å². The fourth-order valence-electron chi connectivity index (χ4n) is 0.664. The Kier molecular flexibility index (Phi) is 5.79. The van der Waals surface area contributed by atoms with Crippen molar-refractivity contribution < 1.29 is 9.53 Å². The van der Waals surface area contributed by atoms with Gasteiger partial charge in [0.25, 0.3) is 0 Å². The van der Waals surface area contributed by atoms with E-state index < -0.39 is 6.09 Å². The fraction of sp³-hybridized carbons (Fsp3) is 0.444. The Hall–Kier alpha value is -1.25. The largest absolute Gasteiger partial charge is 0.445 e. The van der Waals surface area contributed by atoms with Crippen molar-refractivity contribution in [1.82, 2.24) is 0 Å². The number of hydrogen-bond donors (Lipinski definition) is 1. The number of carbonyl (C=O) groups is 1. The van der Waals surface area contributed by atoms with E-state index in [0.29, 0.717) is 0 Å². The van der Waals surface area contributed by atoms with Gasteiger partial charge in [-0.2, -0.15) is 0 Å². The predicted molar refractivity (Wildman–Crippen MR) is 48.7 cm³/mol. The highest BCUT2D eigenvalue weighted by molar-refractivity contribution is 5.64. The minimum absolute atomic E-state index is 0.288. The summed E-state index contributed by atoms with van der Waals surface area (Å²) in [5, 5.41) is 0. The Morgan fingerprint density at radius 3 is 2.67 bits per heavy atom. The predicted octanol–water partition coefficient (Wildman–Crippen LogP) is 1.99. The smallest absolute Gasteiger partial charge is 0.404 e. The van der Waals surface area contributed by atoms with Gasteiger partial charge in [-0.25, -0.2) is 4.79 Å². The summed E-state index contributed by atoms with van der Waals surface area (Å²) in [6, 6.07) is 0. The molecular weight excluding hydrogens is 154 g/mol. The van der Waals surface area contributed by atoms with Crippen LogP contribution < -0.4 is 5.73 Å². The Morgan fingerprint density at radius 1 is 1.58 bits per heavy atom. The Labute approximate surface area is 72.9 Å². The van der Waals surface area contributed by atoms with E-state index >= 15 is 0 Å². The van der Waals surface area contributed by atoms with E-state index in [0.717, 1.165) is 12.0 Å². The number of ether oxygens (including phenoxy) is 1. The van der Waals surface area contributed by atoms with E-state index in [1.165, 1.54) is 0 Å². The number of amides is 1. The zero-order valence-corrected chi connectivity index (χ0v) is 7.54. The average molecular weight is 169 g/mol. The SMILES string of the molecule is CC=CC=C(CC)COC(N)=O. The first-order chi connectivity index (χ1) is 5.70. The molecule has 68 valence electrons. The highest BCUT2D eigenvalue weighted by Gasteiger charge is 1.96. The average Bonchev–Trinajstić information content (AvgIpc) is 2.05. The molecule has 0 aromatic rings. The third-order valence-corrected chi connectivity index (χ3v) is 1.38. The normalized spacial score (nSPS) is 12.0. The summed E-state index contributed by atoms with van der Waals surface area (Å²) in [5.74, 6) is 0. The number of hydrogen-bond acceptors (Lipinski definition) is 2. The second-order valence-corrected chi connectivity index (χ2v) is 2.31. The molecule has 0 aromatic heterocycles. The molecular formula is C9H15NO2. The third kappa shape index (κ3) is 5.53. The molecule has 0 atom stereocenters. The van der Waals surface area contributed by atoms with Crippen molar-refractivity contribution >= 4 is 6.09 Å². The van der Waals surface area contributed by atoms with Crippen LogP contribution in [-0.4, -0.2) is 12.7 Å². The minimum atomic E-state index is -0.727. The van der Waals surface area contributed by atoms with Gasteiger partial charge in [0.2, 0.25) is 0 Å². The maximum atomic E-state index is 10.2. The van der Waals surface area contributed by atoms with Crippen molar-refractivity contribution in [3.05, 3.63) is 23.8 Å². The van der Waals surface area contributed by atoms with Crippen LogP contribution in [0.15, 0.2) is 23.8 Å². The summed E-state index contributed by atoms with van der Waals surface area (Å²) in [6.45, 7) is 4.22. The number of nitrogens with two attached hydrogens (primary N) is 1. The topological polar surface area (TPSA) is 52.3 Å². The lowest BCUT2D eigenvalue weighted by molar-refractivity contribution is 0.166. The molecule has 0 spiro atoms. The maximum absolute atomic E-state index is 10.2. The fourth-order valence-corrected chi connectivity index (χ4v) is 0.664. The van der Waals surface area contributed by atoms with Gasteiger partial charge >= 0.3 is 6.09 Å². The number of rotatable bonds is 4. The number of primary amides is 1. The molecule has 0 rings (SSSR count). The van der Waals surface area contributed by atoms with Crippen molar-refractivity contribution in [1.29, 1.82) is 0 Å². The summed E-state index contributed by atoms with van der Waals surface area (Å²) in [5.41, 5.74) is 5.87. The van der Waals surface area contributed by atoms with E-state index in [2.05, 4.69) is 4.74 Å². The van der Waals surface area contributed by atoms with Gasteiger partial charge in [-0.05, 0) is 18.9 Å². The molecule has 0 aliphatic carbocycles. The first-order valence-corrected chi connectivity index (χ1v) is 3.93. The van der Waals surface area contributed by atoms with Crippen molar-refractivity contribution in [2.45, 2.75) is 20.3 Å². The van der Waals surface area contributed by atoms with Crippen molar-refractivity contribution in [3.63, 3.8) is 0 Å². The molecule has 0 heterocycles. The summed E-state index contributed by atoms with van der Waals surface area (Å²) in [4.78, 5) is 10.2. The van der Waals surface area contributed by atoms with Gasteiger partial charge in [-0.15, -0.1) is 0 Å². The van der Waals surface area contributed by atoms with Crippen LogP contribution >= 0.6 is 0 Å². The molecule has 2 N–H and O–H groups in total. The Bertz CT molecular complexity index is 195. The number of allylic oxidation sites excluding steroid dienone is 3. The summed E-state index contributed by atoms with van der Waals surface area (Å²) in [6.07, 6.45) is 5.87. The van der Waals surface area contributed by atoms with E-state index in [1.54, 1.807) is 0 Å². The molecule has 0 aliphatic heterocycles. The lowest BCUT2D eigenvalue weighted by atomic mass is 10.2. The lowest BCUT2D eigenvalue weighted by Gasteiger charge is -2.02. The van der Waals surface area contributed by atoms with Crippen molar-refractivity contribution in [3.8, 4) is 0 Å². The van der Waals surface area contributed by atoms with Crippen LogP contribution in [0.3, 0.4) is 0 Å². The molecule has 3 nitrogen and oxygen atoms in total. The second-order valence-electron chi connectivity index (χ2n) is 2.31. The van der Waals surface area contributed by atoms with Crippen LogP contribution in [0.1, 0.15) is 20.3 Å². The minimum Gasteiger partial charge on any atom is -0.445 e. The first kappa shape index (κ1) is 10.8. The van der Waals surface area contributed by atoms with E-state index in [-0.39, 0.29) is 6.61 Å². The van der Waals surface area contributed by atoms with Crippen LogP contribution in [0.4, 0.5) is 4.79 Å². The van der Waals surface area contributed by atoms with Gasteiger partial charge in [0.15, 0.2) is 0 Å². The Morgan fingerprint density at radius 2 is 2.25 bits per heavy atom. The van der Waals surface area contributed by atoms with Crippen LogP contribution in [-0.2, 0) is 4.74 Å². The molecule has 0 fully saturated rings. The summed E-state index contributed by atoms with van der Waals surface area (Å²) in [7, 11) is 0. The maximum Gasteiger partial charge on any atom is 0.404 e. The van der Waals surface area contributed by atoms with Gasteiger partial charge < -0.3 is 10.5 Å². The van der Waals surface area contributed by atoms with Crippen molar-refractivity contribution in [2.24, 2.45) is 5.73 Å². The molecule has 0 aromatic carbocycles. The standard InChI is InChI=1S/C9H15NO2/c1-3-5-6-8(4-2)7-12-9(10)11/h3,5-6H,4,7H2,1-2H3,(H2,10,11). The molecule has 0 saturated carbocycles. The Balaban J connectivity index is 3.90. The first-order valence-electron chi connectivity index (χ1n) is 3.93. The third-order valence-electron chi connectivity index (χ3n) is 1.38. The zero-order valence-electron chi connectivity index (χ0n) is 7.54. The number of carbonyl (C=O) groups excluding carboxylic acids is 1. The summed E-state index contributed by atoms with van der Waals surface area (Å²) >= 11 is 0. The van der Waals surface area contributed by atoms with Gasteiger partial charge in [-0.3, -0.25) is 0 Å². The summed E-state index contributed by atoms with van der Waals surface area (Å²) < 4.78 is 4.63. The van der Waals surface area contributed by atoms with Crippen LogP contribution in [0.25, 0.3) is 0 Å². The second kappa shape index (κ2) is 6.46. The highest BCUT2D eigenvalue weighted by Crippen LogP contribution is 2.01. The molecule has 0 saturated heterocycles. The van der Waals surface area contributed by atoms with Crippen LogP contribution in [0, 0.1) is 0 Å². The van der Waals surface area contributed by atoms with Crippen LogP contribution in [0.2, 0.25) is 0 Å². The molecule has 1 amide bonds. The molecule has 0 radical (unpaired) electrons. The quantitative estimate of drug-likeness (QED) is 0.654. The monoisotopic (exact) mass is 169 g/mol. The molecule has 12 heavy (non-hydrogen) atoms. The van der Waals surface area contributed by atoms with Gasteiger partial charge in [-0.1, -0.05) is 25.2 Å². The molecule has 0 unspecified atom stereocenters. The van der Waals surface area contributed by atoms with E-state index in [4.69, 9.17) is 5.73 Å². The van der Waals surface area contributed by atoms with Crippen LogP contribution in [0.5, 0.6) is 0 Å². The highest BCUT2D eigenvalue weighted by atomic mass is 16.5. The van der Waals surface area contributed by atoms with Crippen molar-refractivity contribution in [2.75, 3.05) is 6.61 Å². The van der Waals surface area contributed by atoms with E-state index in [1.807, 2.05) is 32.1 Å². The van der Waals surface area contributed by atoms with E-state index in [9.17, 15) is 4.79 Å². The molecule has 3 heteroatoms.